The van der Waals surface area contributed by atoms with E-state index in [1.165, 1.54) is 15.6 Å². The first kappa shape index (κ1) is 23.5. The van der Waals surface area contributed by atoms with E-state index in [1.54, 1.807) is 26.1 Å². The SMILES string of the molecule is CN1C(=O)c2cc(C(=O)NCCc3ccc(Cl)cc3)nn2C[C@@]1(C)C(=O)NCc1ccccc1. The molecule has 0 fully saturated rings. The van der Waals surface area contributed by atoms with Crippen molar-refractivity contribution in [1.29, 1.82) is 0 Å². The second-order valence-corrected chi connectivity index (χ2v) is 8.95. The zero-order valence-electron chi connectivity index (χ0n) is 19.0. The quantitative estimate of drug-likeness (QED) is 0.544. The molecule has 1 aromatic heterocycles. The van der Waals surface area contributed by atoms with E-state index in [1.807, 2.05) is 42.5 Å². The molecule has 3 aromatic rings. The number of halogens is 1. The Morgan fingerprint density at radius 1 is 1.06 bits per heavy atom. The fourth-order valence-corrected chi connectivity index (χ4v) is 3.99. The lowest BCUT2D eigenvalue weighted by molar-refractivity contribution is -0.132. The number of nitrogens with one attached hydrogen (secondary N) is 2. The summed E-state index contributed by atoms with van der Waals surface area (Å²) in [5.74, 6) is -1.03. The molecular weight excluding hydrogens is 454 g/mol. The van der Waals surface area contributed by atoms with E-state index in [9.17, 15) is 14.4 Å². The van der Waals surface area contributed by atoms with Gasteiger partial charge in [-0.15, -0.1) is 0 Å². The van der Waals surface area contributed by atoms with Crippen LogP contribution in [-0.2, 0) is 24.3 Å². The molecule has 9 heteroatoms. The normalized spacial score (nSPS) is 17.3. The summed E-state index contributed by atoms with van der Waals surface area (Å²) in [6, 6.07) is 18.4. The molecule has 3 amide bonds. The second-order valence-electron chi connectivity index (χ2n) is 8.51. The predicted molar refractivity (Wildman–Crippen MR) is 129 cm³/mol. The first-order valence-electron chi connectivity index (χ1n) is 11.0. The molecule has 4 rings (SSSR count). The molecule has 2 N–H and O–H groups in total. The Morgan fingerprint density at radius 3 is 2.47 bits per heavy atom. The highest BCUT2D eigenvalue weighted by Crippen LogP contribution is 2.26. The minimum Gasteiger partial charge on any atom is -0.350 e. The van der Waals surface area contributed by atoms with Crippen LogP contribution in [0.25, 0.3) is 0 Å². The fourth-order valence-electron chi connectivity index (χ4n) is 3.87. The van der Waals surface area contributed by atoms with Gasteiger partial charge in [-0.2, -0.15) is 5.10 Å². The summed E-state index contributed by atoms with van der Waals surface area (Å²) in [4.78, 5) is 40.1. The van der Waals surface area contributed by atoms with Crippen LogP contribution in [0, 0.1) is 0 Å². The minimum absolute atomic E-state index is 0.141. The molecule has 0 aliphatic carbocycles. The number of benzene rings is 2. The van der Waals surface area contributed by atoms with Gasteiger partial charge in [0, 0.05) is 31.2 Å². The van der Waals surface area contributed by atoms with Gasteiger partial charge in [-0.3, -0.25) is 19.1 Å². The van der Waals surface area contributed by atoms with Gasteiger partial charge in [-0.25, -0.2) is 0 Å². The number of aromatic nitrogens is 2. The summed E-state index contributed by atoms with van der Waals surface area (Å²) in [6.45, 7) is 2.60. The van der Waals surface area contributed by atoms with Crippen molar-refractivity contribution in [3.63, 3.8) is 0 Å². The van der Waals surface area contributed by atoms with Gasteiger partial charge in [-0.1, -0.05) is 54.1 Å². The van der Waals surface area contributed by atoms with E-state index in [0.717, 1.165) is 11.1 Å². The zero-order chi connectivity index (χ0) is 24.3. The smallest absolute Gasteiger partial charge is 0.272 e. The molecule has 0 bridgehead atoms. The highest BCUT2D eigenvalue weighted by atomic mass is 35.5. The molecule has 2 aromatic carbocycles. The lowest BCUT2D eigenvalue weighted by Crippen LogP contribution is -2.62. The number of hydrogen-bond acceptors (Lipinski definition) is 4. The van der Waals surface area contributed by atoms with Gasteiger partial charge in [0.1, 0.15) is 11.2 Å². The zero-order valence-corrected chi connectivity index (χ0v) is 19.8. The summed E-state index contributed by atoms with van der Waals surface area (Å²) >= 11 is 5.90. The van der Waals surface area contributed by atoms with Crippen LogP contribution in [0.3, 0.4) is 0 Å². The van der Waals surface area contributed by atoms with Crippen molar-refractivity contribution in [3.8, 4) is 0 Å². The highest BCUT2D eigenvalue weighted by molar-refractivity contribution is 6.30. The maximum absolute atomic E-state index is 13.1. The van der Waals surface area contributed by atoms with Crippen LogP contribution >= 0.6 is 11.6 Å². The minimum atomic E-state index is -1.15. The monoisotopic (exact) mass is 479 g/mol. The molecule has 1 aliphatic rings. The van der Waals surface area contributed by atoms with Crippen LogP contribution in [-0.4, -0.2) is 51.5 Å². The molecule has 0 saturated heterocycles. The van der Waals surface area contributed by atoms with Crippen molar-refractivity contribution in [3.05, 3.63) is 88.2 Å². The number of hydrogen-bond donors (Lipinski definition) is 2. The third-order valence-electron chi connectivity index (χ3n) is 6.13. The number of carbonyl (C=O) groups is 3. The standard InChI is InChI=1S/C25H26ClN5O3/c1-25(24(34)28-15-18-6-4-3-5-7-18)16-31-21(23(33)30(25)2)14-20(29-31)22(32)27-13-12-17-8-10-19(26)11-9-17/h3-11,14H,12-13,15-16H2,1-2H3,(H,27,32)(H,28,34)/t25-/m0/s1. The van der Waals surface area contributed by atoms with Gasteiger partial charge < -0.3 is 15.5 Å². The number of carbonyl (C=O) groups excluding carboxylic acids is 3. The lowest BCUT2D eigenvalue weighted by Gasteiger charge is -2.40. The van der Waals surface area contributed by atoms with Crippen molar-refractivity contribution in [1.82, 2.24) is 25.3 Å². The molecule has 2 heterocycles. The van der Waals surface area contributed by atoms with Crippen LogP contribution in [0.4, 0.5) is 0 Å². The van der Waals surface area contributed by atoms with E-state index < -0.39 is 5.54 Å². The summed E-state index contributed by atoms with van der Waals surface area (Å²) in [5.41, 5.74) is 1.28. The maximum Gasteiger partial charge on any atom is 0.272 e. The van der Waals surface area contributed by atoms with E-state index in [2.05, 4.69) is 15.7 Å². The number of likely N-dealkylation sites (N-methyl/N-ethyl adjacent to an activating group) is 1. The van der Waals surface area contributed by atoms with Crippen LogP contribution in [0.5, 0.6) is 0 Å². The summed E-state index contributed by atoms with van der Waals surface area (Å²) in [7, 11) is 1.59. The van der Waals surface area contributed by atoms with Crippen molar-refractivity contribution < 1.29 is 14.4 Å². The number of rotatable bonds is 7. The largest absolute Gasteiger partial charge is 0.350 e. The Labute approximate surface area is 202 Å². The van der Waals surface area contributed by atoms with Gasteiger partial charge in [0.2, 0.25) is 5.91 Å². The maximum atomic E-state index is 13.1. The van der Waals surface area contributed by atoms with E-state index >= 15 is 0 Å². The van der Waals surface area contributed by atoms with Crippen LogP contribution in [0.2, 0.25) is 5.02 Å². The van der Waals surface area contributed by atoms with Gasteiger partial charge in [-0.05, 0) is 36.6 Å². The van der Waals surface area contributed by atoms with E-state index in [4.69, 9.17) is 11.6 Å². The highest BCUT2D eigenvalue weighted by Gasteiger charge is 2.46. The Morgan fingerprint density at radius 2 is 1.76 bits per heavy atom. The second kappa shape index (κ2) is 9.69. The van der Waals surface area contributed by atoms with Crippen molar-refractivity contribution in [2.45, 2.75) is 32.0 Å². The van der Waals surface area contributed by atoms with Gasteiger partial charge in [0.25, 0.3) is 11.8 Å². The van der Waals surface area contributed by atoms with Crippen LogP contribution in [0.15, 0.2) is 60.7 Å². The molecule has 8 nitrogen and oxygen atoms in total. The molecule has 0 saturated carbocycles. The molecule has 34 heavy (non-hydrogen) atoms. The molecule has 1 aliphatic heterocycles. The first-order valence-corrected chi connectivity index (χ1v) is 11.4. The Hall–Kier alpha value is -3.65. The molecule has 1 atom stereocenters. The average molecular weight is 480 g/mol. The third kappa shape index (κ3) is 4.82. The Kier molecular flexibility index (Phi) is 6.70. The van der Waals surface area contributed by atoms with Crippen molar-refractivity contribution in [2.24, 2.45) is 0 Å². The van der Waals surface area contributed by atoms with Crippen molar-refractivity contribution in [2.75, 3.05) is 13.6 Å². The fraction of sp³-hybridized carbons (Fsp3) is 0.280. The summed E-state index contributed by atoms with van der Waals surface area (Å²) in [5, 5.41) is 10.7. The average Bonchev–Trinajstić information content (AvgIpc) is 3.27. The number of fused-ring (bicyclic) bond motifs is 1. The summed E-state index contributed by atoms with van der Waals surface area (Å²) in [6.07, 6.45) is 0.637. The van der Waals surface area contributed by atoms with E-state index in [0.29, 0.717) is 24.5 Å². The predicted octanol–water partition coefficient (Wildman–Crippen LogP) is 2.67. The Bertz CT molecular complexity index is 1210. The molecule has 0 unspecified atom stereocenters. The molecule has 0 spiro atoms. The van der Waals surface area contributed by atoms with Gasteiger partial charge >= 0.3 is 0 Å². The van der Waals surface area contributed by atoms with Gasteiger partial charge in [0.05, 0.1) is 6.54 Å². The van der Waals surface area contributed by atoms with Crippen LogP contribution < -0.4 is 10.6 Å². The van der Waals surface area contributed by atoms with E-state index in [-0.39, 0.29) is 35.7 Å². The molecule has 176 valence electrons. The number of nitrogens with zero attached hydrogens (tertiary/aromatic N) is 3. The topological polar surface area (TPSA) is 96.3 Å². The molecule has 0 radical (unpaired) electrons. The summed E-state index contributed by atoms with van der Waals surface area (Å²) < 4.78 is 1.44. The first-order chi connectivity index (χ1) is 16.3. The lowest BCUT2D eigenvalue weighted by atomic mass is 9.96. The third-order valence-corrected chi connectivity index (χ3v) is 6.38. The Balaban J connectivity index is 1.42. The van der Waals surface area contributed by atoms with Gasteiger partial charge in [0.15, 0.2) is 5.69 Å². The molecular formula is C25H26ClN5O3. The number of amides is 3. The van der Waals surface area contributed by atoms with Crippen LogP contribution in [0.1, 0.15) is 39.0 Å². The van der Waals surface area contributed by atoms with Crippen molar-refractivity contribution >= 4 is 29.3 Å².